The predicted molar refractivity (Wildman–Crippen MR) is 168 cm³/mol. The number of carbonyl (C=O) groups excluding carboxylic acids is 1. The van der Waals surface area contributed by atoms with E-state index in [1.807, 2.05) is 73.7 Å². The maximum atomic E-state index is 12.6. The molecule has 0 atom stereocenters. The largest absolute Gasteiger partial charge is 0.494 e. The Morgan fingerprint density at radius 3 is 2.17 bits per heavy atom. The summed E-state index contributed by atoms with van der Waals surface area (Å²) in [6, 6.07) is 36.7. The molecule has 2 N–H and O–H groups in total. The smallest absolute Gasteiger partial charge is 0.259 e. The SMILES string of the molecule is CCOc1ccc(-n2c(-c3ccccc3)cc(/C=N\NC(=O)CNc3ccc(C)c(C)c3)c2-c2ccccc2)cc1. The molecular weight excluding hydrogens is 508 g/mol. The lowest BCUT2D eigenvalue weighted by Gasteiger charge is -2.15. The van der Waals surface area contributed by atoms with Gasteiger partial charge >= 0.3 is 0 Å². The van der Waals surface area contributed by atoms with Crippen LogP contribution < -0.4 is 15.5 Å². The summed E-state index contributed by atoms with van der Waals surface area (Å²) in [5.74, 6) is 0.597. The summed E-state index contributed by atoms with van der Waals surface area (Å²) in [5.41, 5.74) is 11.9. The van der Waals surface area contributed by atoms with Crippen LogP contribution in [0.15, 0.2) is 114 Å². The molecular formula is C35H34N4O2. The summed E-state index contributed by atoms with van der Waals surface area (Å²) in [7, 11) is 0. The van der Waals surface area contributed by atoms with E-state index in [1.54, 1.807) is 6.21 Å². The fraction of sp³-hybridized carbons (Fsp3) is 0.143. The Bertz CT molecular complexity index is 1640. The molecule has 1 amide bonds. The van der Waals surface area contributed by atoms with Crippen LogP contribution in [0, 0.1) is 13.8 Å². The van der Waals surface area contributed by atoms with E-state index in [0.29, 0.717) is 6.61 Å². The number of aromatic nitrogens is 1. The molecule has 0 bridgehead atoms. The van der Waals surface area contributed by atoms with E-state index in [2.05, 4.69) is 76.7 Å². The van der Waals surface area contributed by atoms with Gasteiger partial charge in [0.15, 0.2) is 0 Å². The number of rotatable bonds is 10. The molecule has 1 heterocycles. The van der Waals surface area contributed by atoms with Gasteiger partial charge in [0.1, 0.15) is 5.75 Å². The van der Waals surface area contributed by atoms with E-state index in [9.17, 15) is 4.79 Å². The number of hydrogen-bond donors (Lipinski definition) is 2. The van der Waals surface area contributed by atoms with Gasteiger partial charge in [0.25, 0.3) is 5.91 Å². The minimum absolute atomic E-state index is 0.119. The number of nitrogens with one attached hydrogen (secondary N) is 2. The highest BCUT2D eigenvalue weighted by Crippen LogP contribution is 2.35. The van der Waals surface area contributed by atoms with Gasteiger partial charge in [0, 0.05) is 16.9 Å². The summed E-state index contributed by atoms with van der Waals surface area (Å²) in [4.78, 5) is 12.6. The lowest BCUT2D eigenvalue weighted by Crippen LogP contribution is -2.25. The standard InChI is InChI=1S/C35H34N4O2/c1-4-41-32-19-17-31(18-20-32)39-33(27-11-7-5-8-12-27)22-29(35(39)28-13-9-6-10-14-28)23-37-38-34(40)24-36-30-16-15-25(2)26(3)21-30/h5-23,36H,4,24H2,1-3H3,(H,38,40)/b37-23-. The molecule has 0 saturated carbocycles. The molecule has 0 fully saturated rings. The molecule has 6 nitrogen and oxygen atoms in total. The van der Waals surface area contributed by atoms with Crippen molar-refractivity contribution in [1.82, 2.24) is 9.99 Å². The highest BCUT2D eigenvalue weighted by Gasteiger charge is 2.19. The summed E-state index contributed by atoms with van der Waals surface area (Å²) in [6.07, 6.45) is 1.72. The van der Waals surface area contributed by atoms with Gasteiger partial charge in [-0.05, 0) is 85.5 Å². The maximum Gasteiger partial charge on any atom is 0.259 e. The van der Waals surface area contributed by atoms with Crippen LogP contribution >= 0.6 is 0 Å². The molecule has 0 radical (unpaired) electrons. The van der Waals surface area contributed by atoms with E-state index in [4.69, 9.17) is 4.74 Å². The molecule has 4 aromatic carbocycles. The number of benzene rings is 4. The van der Waals surface area contributed by atoms with Crippen LogP contribution in [0.2, 0.25) is 0 Å². The second kappa shape index (κ2) is 12.8. The predicted octanol–water partition coefficient (Wildman–Crippen LogP) is 7.39. The van der Waals surface area contributed by atoms with Crippen LogP contribution in [0.1, 0.15) is 23.6 Å². The summed E-state index contributed by atoms with van der Waals surface area (Å²) >= 11 is 0. The number of hydrogen-bond acceptors (Lipinski definition) is 4. The Morgan fingerprint density at radius 1 is 0.829 bits per heavy atom. The maximum absolute atomic E-state index is 12.6. The van der Waals surface area contributed by atoms with Gasteiger partial charge in [-0.1, -0.05) is 66.7 Å². The zero-order valence-corrected chi connectivity index (χ0v) is 23.6. The fourth-order valence-corrected chi connectivity index (χ4v) is 4.71. The first-order chi connectivity index (χ1) is 20.0. The number of aryl methyl sites for hydroxylation is 2. The second-order valence-electron chi connectivity index (χ2n) is 9.77. The van der Waals surface area contributed by atoms with E-state index < -0.39 is 0 Å². The molecule has 0 saturated heterocycles. The van der Waals surface area contributed by atoms with Gasteiger partial charge in [-0.15, -0.1) is 0 Å². The van der Waals surface area contributed by atoms with Crippen LogP contribution in [-0.2, 0) is 4.79 Å². The van der Waals surface area contributed by atoms with E-state index in [1.165, 1.54) is 11.1 Å². The monoisotopic (exact) mass is 542 g/mol. The first-order valence-corrected chi connectivity index (χ1v) is 13.8. The number of anilines is 1. The third-order valence-corrected chi connectivity index (χ3v) is 6.91. The molecule has 206 valence electrons. The average Bonchev–Trinajstić information content (AvgIpc) is 3.38. The van der Waals surface area contributed by atoms with Crippen molar-refractivity contribution in [2.24, 2.45) is 5.10 Å². The minimum Gasteiger partial charge on any atom is -0.494 e. The van der Waals surface area contributed by atoms with Gasteiger partial charge in [-0.25, -0.2) is 5.43 Å². The molecule has 0 spiro atoms. The molecule has 1 aromatic heterocycles. The Kier molecular flexibility index (Phi) is 8.60. The molecule has 0 aliphatic carbocycles. The summed E-state index contributed by atoms with van der Waals surface area (Å²) in [6.45, 7) is 6.83. The highest BCUT2D eigenvalue weighted by molar-refractivity contribution is 5.94. The summed E-state index contributed by atoms with van der Waals surface area (Å²) in [5, 5.41) is 7.52. The number of nitrogens with zero attached hydrogens (tertiary/aromatic N) is 2. The Morgan fingerprint density at radius 2 is 1.51 bits per heavy atom. The van der Waals surface area contributed by atoms with Crippen molar-refractivity contribution < 1.29 is 9.53 Å². The van der Waals surface area contributed by atoms with Crippen molar-refractivity contribution in [1.29, 1.82) is 0 Å². The van der Waals surface area contributed by atoms with E-state index in [-0.39, 0.29) is 12.5 Å². The highest BCUT2D eigenvalue weighted by atomic mass is 16.5. The van der Waals surface area contributed by atoms with Crippen LogP contribution in [0.4, 0.5) is 5.69 Å². The first-order valence-electron chi connectivity index (χ1n) is 13.8. The van der Waals surface area contributed by atoms with Crippen LogP contribution in [0.25, 0.3) is 28.2 Å². The molecule has 0 aliphatic heterocycles. The molecule has 5 rings (SSSR count). The molecule has 6 heteroatoms. The minimum atomic E-state index is -0.227. The normalized spacial score (nSPS) is 11.0. The topological polar surface area (TPSA) is 67.6 Å². The Balaban J connectivity index is 1.49. The van der Waals surface area contributed by atoms with Crippen molar-refractivity contribution >= 4 is 17.8 Å². The van der Waals surface area contributed by atoms with Crippen LogP contribution in [0.5, 0.6) is 5.75 Å². The van der Waals surface area contributed by atoms with Gasteiger partial charge < -0.3 is 14.6 Å². The quantitative estimate of drug-likeness (QED) is 0.143. The Labute approximate surface area is 241 Å². The lowest BCUT2D eigenvalue weighted by atomic mass is 10.1. The zero-order chi connectivity index (χ0) is 28.6. The van der Waals surface area contributed by atoms with Crippen molar-refractivity contribution in [2.45, 2.75) is 20.8 Å². The van der Waals surface area contributed by atoms with Crippen LogP contribution in [0.3, 0.4) is 0 Å². The number of carbonyl (C=O) groups is 1. The van der Waals surface area contributed by atoms with Crippen molar-refractivity contribution in [3.63, 3.8) is 0 Å². The van der Waals surface area contributed by atoms with Crippen molar-refractivity contribution in [3.8, 4) is 34.0 Å². The molecule has 0 aliphatic rings. The fourth-order valence-electron chi connectivity index (χ4n) is 4.71. The number of amides is 1. The first kappa shape index (κ1) is 27.5. The van der Waals surface area contributed by atoms with E-state index >= 15 is 0 Å². The second-order valence-corrected chi connectivity index (χ2v) is 9.77. The zero-order valence-electron chi connectivity index (χ0n) is 23.6. The van der Waals surface area contributed by atoms with Crippen molar-refractivity contribution in [2.75, 3.05) is 18.5 Å². The average molecular weight is 543 g/mol. The van der Waals surface area contributed by atoms with Gasteiger partial charge in [-0.2, -0.15) is 5.10 Å². The molecule has 5 aromatic rings. The van der Waals surface area contributed by atoms with E-state index in [0.717, 1.165) is 45.2 Å². The lowest BCUT2D eigenvalue weighted by molar-refractivity contribution is -0.119. The van der Waals surface area contributed by atoms with Gasteiger partial charge in [0.05, 0.1) is 30.8 Å². The molecule has 0 unspecified atom stereocenters. The molecule has 41 heavy (non-hydrogen) atoms. The summed E-state index contributed by atoms with van der Waals surface area (Å²) < 4.78 is 7.92. The number of hydrazone groups is 1. The third-order valence-electron chi connectivity index (χ3n) is 6.91. The third kappa shape index (κ3) is 6.56. The Hall–Kier alpha value is -5.10. The van der Waals surface area contributed by atoms with Gasteiger partial charge in [0.2, 0.25) is 0 Å². The van der Waals surface area contributed by atoms with Crippen LogP contribution in [-0.4, -0.2) is 29.8 Å². The number of ether oxygens (including phenoxy) is 1. The van der Waals surface area contributed by atoms with Gasteiger partial charge in [-0.3, -0.25) is 4.79 Å². The van der Waals surface area contributed by atoms with Crippen molar-refractivity contribution in [3.05, 3.63) is 126 Å².